The van der Waals surface area contributed by atoms with Gasteiger partial charge in [-0.2, -0.15) is 13.2 Å². The molecular formula is C13H11BrF3NS. The van der Waals surface area contributed by atoms with Gasteiger partial charge in [-0.3, -0.25) is 0 Å². The minimum atomic E-state index is -4.31. The molecule has 0 spiro atoms. The molecule has 0 bridgehead atoms. The van der Waals surface area contributed by atoms with Crippen molar-refractivity contribution in [2.45, 2.75) is 19.6 Å². The molecular weight excluding hydrogens is 339 g/mol. The SMILES string of the molecule is Cc1ccc(C(F)(F)F)cc1NCc1csc(Br)c1. The summed E-state index contributed by atoms with van der Waals surface area (Å²) in [5, 5.41) is 5.00. The summed E-state index contributed by atoms with van der Waals surface area (Å²) < 4.78 is 38.9. The number of hydrogen-bond acceptors (Lipinski definition) is 2. The summed E-state index contributed by atoms with van der Waals surface area (Å²) in [6.07, 6.45) is -4.31. The average Bonchev–Trinajstić information content (AvgIpc) is 2.72. The topological polar surface area (TPSA) is 12.0 Å². The van der Waals surface area contributed by atoms with Crippen molar-refractivity contribution < 1.29 is 13.2 Å². The molecule has 2 rings (SSSR count). The lowest BCUT2D eigenvalue weighted by atomic mass is 10.1. The summed E-state index contributed by atoms with van der Waals surface area (Å²) >= 11 is 4.90. The maximum atomic E-state index is 12.6. The van der Waals surface area contributed by atoms with Gasteiger partial charge in [0.2, 0.25) is 0 Å². The van der Waals surface area contributed by atoms with Gasteiger partial charge in [-0.15, -0.1) is 11.3 Å². The van der Waals surface area contributed by atoms with Crippen LogP contribution < -0.4 is 5.32 Å². The molecule has 2 aromatic rings. The Hall–Kier alpha value is -1.01. The largest absolute Gasteiger partial charge is 0.416 e. The summed E-state index contributed by atoms with van der Waals surface area (Å²) in [4.78, 5) is 0. The number of benzene rings is 1. The van der Waals surface area contributed by atoms with Gasteiger partial charge in [0.25, 0.3) is 0 Å². The van der Waals surface area contributed by atoms with Crippen molar-refractivity contribution in [3.8, 4) is 0 Å². The molecule has 0 saturated heterocycles. The van der Waals surface area contributed by atoms with Gasteiger partial charge < -0.3 is 5.32 Å². The third kappa shape index (κ3) is 3.73. The second-order valence-electron chi connectivity index (χ2n) is 4.14. The lowest BCUT2D eigenvalue weighted by molar-refractivity contribution is -0.137. The van der Waals surface area contributed by atoms with Crippen molar-refractivity contribution in [1.82, 2.24) is 0 Å². The van der Waals surface area contributed by atoms with Gasteiger partial charge in [0.1, 0.15) is 0 Å². The van der Waals surface area contributed by atoms with Crippen LogP contribution in [0.15, 0.2) is 33.4 Å². The Kier molecular flexibility index (Phi) is 4.20. The van der Waals surface area contributed by atoms with Crippen LogP contribution in [0.2, 0.25) is 0 Å². The quantitative estimate of drug-likeness (QED) is 0.776. The van der Waals surface area contributed by atoms with E-state index in [-0.39, 0.29) is 0 Å². The van der Waals surface area contributed by atoms with Crippen LogP contribution >= 0.6 is 27.3 Å². The highest BCUT2D eigenvalue weighted by molar-refractivity contribution is 9.11. The van der Waals surface area contributed by atoms with Crippen LogP contribution in [-0.4, -0.2) is 0 Å². The summed E-state index contributed by atoms with van der Waals surface area (Å²) in [5.74, 6) is 0. The van der Waals surface area contributed by atoms with Crippen LogP contribution in [0.5, 0.6) is 0 Å². The predicted octanol–water partition coefficient (Wildman–Crippen LogP) is 5.45. The van der Waals surface area contributed by atoms with Crippen LogP contribution in [0.1, 0.15) is 16.7 Å². The van der Waals surface area contributed by atoms with Gasteiger partial charge in [-0.05, 0) is 57.6 Å². The minimum absolute atomic E-state index is 0.504. The Balaban J connectivity index is 2.15. The lowest BCUT2D eigenvalue weighted by Gasteiger charge is -2.13. The second kappa shape index (κ2) is 5.54. The molecule has 1 nitrogen and oxygen atoms in total. The molecule has 0 radical (unpaired) electrons. The first-order chi connectivity index (χ1) is 8.86. The van der Waals surface area contributed by atoms with E-state index in [0.29, 0.717) is 12.2 Å². The standard InChI is InChI=1S/C13H11BrF3NS/c1-8-2-3-10(13(15,16)17)5-11(8)18-6-9-4-12(14)19-7-9/h2-5,7,18H,6H2,1H3. The van der Waals surface area contributed by atoms with Crippen molar-refractivity contribution >= 4 is 33.0 Å². The van der Waals surface area contributed by atoms with Crippen LogP contribution in [0, 0.1) is 6.92 Å². The fourth-order valence-electron chi connectivity index (χ4n) is 1.62. The average molecular weight is 350 g/mol. The van der Waals surface area contributed by atoms with Crippen LogP contribution in [0.25, 0.3) is 0 Å². The van der Waals surface area contributed by atoms with Crippen molar-refractivity contribution in [3.63, 3.8) is 0 Å². The first-order valence-corrected chi connectivity index (χ1v) is 7.18. The Morgan fingerprint density at radius 1 is 1.26 bits per heavy atom. The number of alkyl halides is 3. The summed E-state index contributed by atoms with van der Waals surface area (Å²) in [6, 6.07) is 5.67. The number of aryl methyl sites for hydroxylation is 1. The Labute approximate surface area is 121 Å². The first kappa shape index (κ1) is 14.4. The van der Waals surface area contributed by atoms with Crippen LogP contribution in [-0.2, 0) is 12.7 Å². The summed E-state index contributed by atoms with van der Waals surface area (Å²) in [6.45, 7) is 2.29. The van der Waals surface area contributed by atoms with Crippen LogP contribution in [0.3, 0.4) is 0 Å². The monoisotopic (exact) mass is 349 g/mol. The molecule has 0 aliphatic carbocycles. The molecule has 0 unspecified atom stereocenters. The molecule has 0 fully saturated rings. The third-order valence-corrected chi connectivity index (χ3v) is 4.22. The van der Waals surface area contributed by atoms with Gasteiger partial charge in [-0.25, -0.2) is 0 Å². The molecule has 1 aromatic heterocycles. The molecule has 1 N–H and O–H groups in total. The summed E-state index contributed by atoms with van der Waals surface area (Å²) in [7, 11) is 0. The van der Waals surface area contributed by atoms with Crippen molar-refractivity contribution in [1.29, 1.82) is 0 Å². The molecule has 1 aromatic carbocycles. The highest BCUT2D eigenvalue weighted by Gasteiger charge is 2.30. The number of halogens is 4. The molecule has 1 heterocycles. The molecule has 0 atom stereocenters. The third-order valence-electron chi connectivity index (χ3n) is 2.67. The number of thiophene rings is 1. The fourth-order valence-corrected chi connectivity index (χ4v) is 2.83. The Morgan fingerprint density at radius 3 is 2.58 bits per heavy atom. The zero-order valence-electron chi connectivity index (χ0n) is 10.0. The van der Waals surface area contributed by atoms with Crippen LogP contribution in [0.4, 0.5) is 18.9 Å². The van der Waals surface area contributed by atoms with Crippen molar-refractivity contribution in [2.75, 3.05) is 5.32 Å². The minimum Gasteiger partial charge on any atom is -0.381 e. The summed E-state index contributed by atoms with van der Waals surface area (Å²) in [5.41, 5.74) is 1.71. The van der Waals surface area contributed by atoms with E-state index in [1.165, 1.54) is 6.07 Å². The van der Waals surface area contributed by atoms with Crippen molar-refractivity contribution in [2.24, 2.45) is 0 Å². The molecule has 19 heavy (non-hydrogen) atoms. The van der Waals surface area contributed by atoms with E-state index in [1.54, 1.807) is 18.3 Å². The molecule has 102 valence electrons. The smallest absolute Gasteiger partial charge is 0.381 e. The van der Waals surface area contributed by atoms with Gasteiger partial charge in [-0.1, -0.05) is 6.07 Å². The fraction of sp³-hybridized carbons (Fsp3) is 0.231. The molecule has 6 heteroatoms. The normalized spacial score (nSPS) is 11.6. The van der Waals surface area contributed by atoms with E-state index in [9.17, 15) is 13.2 Å². The van der Waals surface area contributed by atoms with E-state index in [2.05, 4.69) is 21.2 Å². The lowest BCUT2D eigenvalue weighted by Crippen LogP contribution is -2.07. The van der Waals surface area contributed by atoms with Crippen molar-refractivity contribution in [3.05, 3.63) is 50.1 Å². The molecule has 0 aliphatic heterocycles. The maximum Gasteiger partial charge on any atom is 0.416 e. The van der Waals surface area contributed by atoms with E-state index in [1.807, 2.05) is 11.4 Å². The predicted molar refractivity (Wildman–Crippen MR) is 75.5 cm³/mol. The Bertz CT molecular complexity index is 578. The highest BCUT2D eigenvalue weighted by Crippen LogP contribution is 2.32. The number of hydrogen-bond donors (Lipinski definition) is 1. The number of anilines is 1. The zero-order chi connectivity index (χ0) is 14.0. The van der Waals surface area contributed by atoms with E-state index in [0.717, 1.165) is 27.0 Å². The number of nitrogens with one attached hydrogen (secondary N) is 1. The van der Waals surface area contributed by atoms with E-state index < -0.39 is 11.7 Å². The maximum absolute atomic E-state index is 12.6. The number of rotatable bonds is 3. The zero-order valence-corrected chi connectivity index (χ0v) is 12.4. The highest BCUT2D eigenvalue weighted by atomic mass is 79.9. The van der Waals surface area contributed by atoms with E-state index in [4.69, 9.17) is 0 Å². The Morgan fingerprint density at radius 2 is 2.00 bits per heavy atom. The molecule has 0 saturated carbocycles. The second-order valence-corrected chi connectivity index (χ2v) is 6.43. The van der Waals surface area contributed by atoms with Gasteiger partial charge >= 0.3 is 6.18 Å². The first-order valence-electron chi connectivity index (χ1n) is 5.51. The van der Waals surface area contributed by atoms with Gasteiger partial charge in [0, 0.05) is 12.2 Å². The molecule has 0 aliphatic rings. The van der Waals surface area contributed by atoms with Gasteiger partial charge in [0.05, 0.1) is 9.35 Å². The molecule has 0 amide bonds. The van der Waals surface area contributed by atoms with E-state index >= 15 is 0 Å². The van der Waals surface area contributed by atoms with Gasteiger partial charge in [0.15, 0.2) is 0 Å².